The first-order chi connectivity index (χ1) is 8.04. The number of rotatable bonds is 4. The molecule has 0 aliphatic carbocycles. The van der Waals surface area contributed by atoms with E-state index in [2.05, 4.69) is 31.0 Å². The zero-order chi connectivity index (χ0) is 12.8. The summed E-state index contributed by atoms with van der Waals surface area (Å²) in [4.78, 5) is 26.3. The van der Waals surface area contributed by atoms with Crippen molar-refractivity contribution in [3.63, 3.8) is 0 Å². The number of hydrogen-bond donors (Lipinski definition) is 1. The summed E-state index contributed by atoms with van der Waals surface area (Å²) in [7, 11) is 1.29. The molecular formula is C10H10BrClN2O3. The van der Waals surface area contributed by atoms with Crippen molar-refractivity contribution in [2.45, 2.75) is 6.42 Å². The monoisotopic (exact) mass is 320 g/mol. The second-order valence-corrected chi connectivity index (χ2v) is 4.35. The van der Waals surface area contributed by atoms with Gasteiger partial charge in [0.05, 0.1) is 19.1 Å². The fourth-order valence-electron chi connectivity index (χ4n) is 1.06. The molecule has 92 valence electrons. The normalized spacial score (nSPS) is 9.82. The van der Waals surface area contributed by atoms with Crippen LogP contribution < -0.4 is 5.32 Å². The van der Waals surface area contributed by atoms with E-state index >= 15 is 0 Å². The molecule has 0 unspecified atom stereocenters. The number of amides is 1. The van der Waals surface area contributed by atoms with Gasteiger partial charge in [-0.3, -0.25) is 9.59 Å². The van der Waals surface area contributed by atoms with Crippen LogP contribution in [0.4, 0.5) is 0 Å². The van der Waals surface area contributed by atoms with E-state index in [1.807, 2.05) is 0 Å². The molecule has 7 heteroatoms. The van der Waals surface area contributed by atoms with Crippen LogP contribution in [0.2, 0.25) is 5.15 Å². The Labute approximate surface area is 112 Å². The molecule has 1 heterocycles. The highest BCUT2D eigenvalue weighted by atomic mass is 79.9. The second kappa shape index (κ2) is 6.56. The van der Waals surface area contributed by atoms with E-state index in [0.717, 1.165) is 0 Å². The first-order valence-electron chi connectivity index (χ1n) is 4.70. The number of halogens is 2. The molecule has 1 amide bonds. The maximum absolute atomic E-state index is 11.7. The van der Waals surface area contributed by atoms with Gasteiger partial charge in [-0.1, -0.05) is 11.6 Å². The van der Waals surface area contributed by atoms with E-state index in [1.165, 1.54) is 13.3 Å². The molecule has 1 N–H and O–H groups in total. The lowest BCUT2D eigenvalue weighted by molar-refractivity contribution is -0.140. The minimum Gasteiger partial charge on any atom is -0.469 e. The molecular weight excluding hydrogens is 311 g/mol. The number of nitrogens with one attached hydrogen (secondary N) is 1. The molecule has 1 aromatic rings. The highest BCUT2D eigenvalue weighted by Crippen LogP contribution is 2.17. The van der Waals surface area contributed by atoms with Crippen LogP contribution >= 0.6 is 27.5 Å². The van der Waals surface area contributed by atoms with Crippen molar-refractivity contribution in [3.05, 3.63) is 27.5 Å². The Morgan fingerprint density at radius 1 is 1.59 bits per heavy atom. The topological polar surface area (TPSA) is 68.3 Å². The minimum atomic E-state index is -0.385. The Balaban J connectivity index is 2.58. The van der Waals surface area contributed by atoms with Crippen molar-refractivity contribution in [3.8, 4) is 0 Å². The molecule has 0 bridgehead atoms. The largest absolute Gasteiger partial charge is 0.469 e. The molecule has 0 aliphatic rings. The number of hydrogen-bond acceptors (Lipinski definition) is 4. The number of aromatic nitrogens is 1. The summed E-state index contributed by atoms with van der Waals surface area (Å²) < 4.78 is 5.10. The molecule has 0 spiro atoms. The van der Waals surface area contributed by atoms with Gasteiger partial charge in [0, 0.05) is 17.2 Å². The van der Waals surface area contributed by atoms with Crippen LogP contribution in [0.1, 0.15) is 16.8 Å². The Morgan fingerprint density at radius 2 is 2.29 bits per heavy atom. The van der Waals surface area contributed by atoms with Gasteiger partial charge in [0.2, 0.25) is 0 Å². The summed E-state index contributed by atoms with van der Waals surface area (Å²) in [6.07, 6.45) is 1.61. The third-order valence-electron chi connectivity index (χ3n) is 1.89. The van der Waals surface area contributed by atoms with Gasteiger partial charge in [0.15, 0.2) is 0 Å². The quantitative estimate of drug-likeness (QED) is 0.678. The summed E-state index contributed by atoms with van der Waals surface area (Å²) in [6, 6.07) is 1.56. The number of ether oxygens (including phenoxy) is 1. The van der Waals surface area contributed by atoms with E-state index in [4.69, 9.17) is 11.6 Å². The third kappa shape index (κ3) is 4.32. The molecule has 0 fully saturated rings. The molecule has 0 saturated heterocycles. The van der Waals surface area contributed by atoms with Crippen LogP contribution in [0.15, 0.2) is 16.7 Å². The second-order valence-electron chi connectivity index (χ2n) is 3.07. The molecule has 1 aromatic heterocycles. The molecule has 0 aliphatic heterocycles. The molecule has 0 atom stereocenters. The van der Waals surface area contributed by atoms with E-state index < -0.39 is 0 Å². The van der Waals surface area contributed by atoms with E-state index in [9.17, 15) is 9.59 Å². The van der Waals surface area contributed by atoms with Gasteiger partial charge in [0.1, 0.15) is 5.15 Å². The highest BCUT2D eigenvalue weighted by Gasteiger charge is 2.12. The van der Waals surface area contributed by atoms with Crippen LogP contribution in [0, 0.1) is 0 Å². The fourth-order valence-corrected chi connectivity index (χ4v) is 1.58. The van der Waals surface area contributed by atoms with E-state index in [1.54, 1.807) is 6.07 Å². The van der Waals surface area contributed by atoms with Crippen molar-refractivity contribution in [2.24, 2.45) is 0 Å². The van der Waals surface area contributed by atoms with Gasteiger partial charge in [-0.05, 0) is 22.0 Å². The van der Waals surface area contributed by atoms with Crippen LogP contribution in [-0.4, -0.2) is 30.5 Å². The maximum Gasteiger partial charge on any atom is 0.307 e. The SMILES string of the molecule is COC(=O)CCNC(=O)c1cc(Br)cnc1Cl. The van der Waals surface area contributed by atoms with Gasteiger partial charge >= 0.3 is 5.97 Å². The lowest BCUT2D eigenvalue weighted by atomic mass is 10.2. The van der Waals surface area contributed by atoms with Crippen LogP contribution in [0.5, 0.6) is 0 Å². The van der Waals surface area contributed by atoms with Gasteiger partial charge in [-0.2, -0.15) is 0 Å². The molecule has 1 rings (SSSR count). The van der Waals surface area contributed by atoms with Crippen LogP contribution in [-0.2, 0) is 9.53 Å². The fraction of sp³-hybridized carbons (Fsp3) is 0.300. The summed E-state index contributed by atoms with van der Waals surface area (Å²) >= 11 is 8.97. The molecule has 17 heavy (non-hydrogen) atoms. The first-order valence-corrected chi connectivity index (χ1v) is 5.87. The summed E-state index contributed by atoms with van der Waals surface area (Å²) in [5.41, 5.74) is 0.255. The average Bonchev–Trinajstić information content (AvgIpc) is 2.31. The van der Waals surface area contributed by atoms with Gasteiger partial charge in [-0.15, -0.1) is 0 Å². The number of pyridine rings is 1. The number of carbonyl (C=O) groups excluding carboxylic acids is 2. The lowest BCUT2D eigenvalue weighted by Crippen LogP contribution is -2.26. The Bertz CT molecular complexity index is 440. The van der Waals surface area contributed by atoms with Crippen molar-refractivity contribution in [1.29, 1.82) is 0 Å². The predicted molar refractivity (Wildman–Crippen MR) is 65.9 cm³/mol. The summed E-state index contributed by atoms with van der Waals surface area (Å²) in [5.74, 6) is -0.767. The van der Waals surface area contributed by atoms with Gasteiger partial charge in [0.25, 0.3) is 5.91 Å². The minimum absolute atomic E-state index is 0.112. The number of methoxy groups -OCH3 is 1. The van der Waals surface area contributed by atoms with Gasteiger partial charge in [-0.25, -0.2) is 4.98 Å². The Hall–Kier alpha value is -1.14. The Kier molecular flexibility index (Phi) is 5.37. The van der Waals surface area contributed by atoms with Crippen molar-refractivity contribution in [1.82, 2.24) is 10.3 Å². The average molecular weight is 322 g/mol. The lowest BCUT2D eigenvalue weighted by Gasteiger charge is -2.05. The third-order valence-corrected chi connectivity index (χ3v) is 2.63. The molecule has 0 aromatic carbocycles. The zero-order valence-corrected chi connectivity index (χ0v) is 11.3. The highest BCUT2D eigenvalue weighted by molar-refractivity contribution is 9.10. The van der Waals surface area contributed by atoms with E-state index in [-0.39, 0.29) is 35.6 Å². The predicted octanol–water partition coefficient (Wildman–Crippen LogP) is 1.79. The number of esters is 1. The molecule has 5 nitrogen and oxygen atoms in total. The summed E-state index contributed by atoms with van der Waals surface area (Å²) in [5, 5.41) is 2.66. The maximum atomic E-state index is 11.7. The molecule has 0 saturated carbocycles. The number of nitrogens with zero attached hydrogens (tertiary/aromatic N) is 1. The standard InChI is InChI=1S/C10H10BrClN2O3/c1-17-8(15)2-3-13-10(16)7-4-6(11)5-14-9(7)12/h4-5H,2-3H2,1H3,(H,13,16). The zero-order valence-electron chi connectivity index (χ0n) is 9.00. The van der Waals surface area contributed by atoms with Crippen molar-refractivity contribution < 1.29 is 14.3 Å². The number of carbonyl (C=O) groups is 2. The van der Waals surface area contributed by atoms with Crippen molar-refractivity contribution in [2.75, 3.05) is 13.7 Å². The van der Waals surface area contributed by atoms with Gasteiger partial charge < -0.3 is 10.1 Å². The first kappa shape index (κ1) is 13.9. The Morgan fingerprint density at radius 3 is 2.94 bits per heavy atom. The van der Waals surface area contributed by atoms with Crippen molar-refractivity contribution >= 4 is 39.4 Å². The van der Waals surface area contributed by atoms with Crippen LogP contribution in [0.3, 0.4) is 0 Å². The van der Waals surface area contributed by atoms with E-state index in [0.29, 0.717) is 4.47 Å². The smallest absolute Gasteiger partial charge is 0.307 e. The van der Waals surface area contributed by atoms with Crippen LogP contribution in [0.25, 0.3) is 0 Å². The summed E-state index contributed by atoms with van der Waals surface area (Å²) in [6.45, 7) is 0.189. The molecule has 0 radical (unpaired) electrons.